The molecule has 3 N–H and O–H groups in total. The van der Waals surface area contributed by atoms with Gasteiger partial charge in [-0.3, -0.25) is 9.78 Å². The van der Waals surface area contributed by atoms with Crippen molar-refractivity contribution in [3.8, 4) is 11.1 Å². The van der Waals surface area contributed by atoms with E-state index in [9.17, 15) is 4.79 Å². The number of pyridine rings is 1. The maximum Gasteiger partial charge on any atom is 0.251 e. The molecule has 0 atom stereocenters. The van der Waals surface area contributed by atoms with Crippen molar-refractivity contribution in [3.05, 3.63) is 89.7 Å². The van der Waals surface area contributed by atoms with E-state index in [-0.39, 0.29) is 5.91 Å². The van der Waals surface area contributed by atoms with Crippen molar-refractivity contribution >= 4 is 5.91 Å². The summed E-state index contributed by atoms with van der Waals surface area (Å²) in [6, 6.07) is 21.3. The van der Waals surface area contributed by atoms with Crippen molar-refractivity contribution in [3.63, 3.8) is 0 Å². The Bertz CT molecular complexity index is 847. The summed E-state index contributed by atoms with van der Waals surface area (Å²) >= 11 is 0. The van der Waals surface area contributed by atoms with Gasteiger partial charge in [0, 0.05) is 37.0 Å². The van der Waals surface area contributed by atoms with E-state index in [1.54, 1.807) is 6.20 Å². The van der Waals surface area contributed by atoms with Gasteiger partial charge in [-0.15, -0.1) is 0 Å². The molecule has 0 saturated heterocycles. The first-order valence-electron chi connectivity index (χ1n) is 8.35. The Morgan fingerprint density at radius 2 is 1.64 bits per heavy atom. The molecule has 2 aromatic carbocycles. The van der Waals surface area contributed by atoms with Crippen molar-refractivity contribution in [2.45, 2.75) is 13.0 Å². The average Bonchev–Trinajstić information content (AvgIpc) is 2.68. The van der Waals surface area contributed by atoms with Crippen LogP contribution < -0.4 is 11.1 Å². The first-order valence-corrected chi connectivity index (χ1v) is 8.35. The molecule has 1 amide bonds. The van der Waals surface area contributed by atoms with E-state index in [4.69, 9.17) is 5.73 Å². The Morgan fingerprint density at radius 1 is 0.920 bits per heavy atom. The smallest absolute Gasteiger partial charge is 0.251 e. The molecule has 0 fully saturated rings. The molecule has 0 unspecified atom stereocenters. The number of nitrogens with one attached hydrogen (secondary N) is 1. The van der Waals surface area contributed by atoms with Gasteiger partial charge >= 0.3 is 0 Å². The molecule has 0 saturated carbocycles. The standard InChI is InChI=1S/C21H21N3O/c22-15-16-7-1-2-9-18(16)19-10-3-4-11-20(19)21(25)24-14-12-17-8-5-6-13-23-17/h1-11,13H,12,14-15,22H2,(H,24,25). The number of benzene rings is 2. The number of carbonyl (C=O) groups is 1. The molecule has 0 bridgehead atoms. The largest absolute Gasteiger partial charge is 0.352 e. The fourth-order valence-corrected chi connectivity index (χ4v) is 2.82. The summed E-state index contributed by atoms with van der Waals surface area (Å²) in [7, 11) is 0. The molecule has 0 aliphatic rings. The first-order chi connectivity index (χ1) is 12.3. The number of amides is 1. The average molecular weight is 331 g/mol. The monoisotopic (exact) mass is 331 g/mol. The van der Waals surface area contributed by atoms with Gasteiger partial charge in [-0.05, 0) is 34.9 Å². The van der Waals surface area contributed by atoms with Crippen LogP contribution in [0.15, 0.2) is 72.9 Å². The Morgan fingerprint density at radius 3 is 2.40 bits per heavy atom. The van der Waals surface area contributed by atoms with E-state index in [0.717, 1.165) is 22.4 Å². The lowest BCUT2D eigenvalue weighted by atomic mass is 9.95. The Labute approximate surface area is 147 Å². The fourth-order valence-electron chi connectivity index (χ4n) is 2.82. The number of hydrogen-bond donors (Lipinski definition) is 2. The lowest BCUT2D eigenvalue weighted by Gasteiger charge is -2.13. The van der Waals surface area contributed by atoms with Crippen molar-refractivity contribution in [2.24, 2.45) is 5.73 Å². The Kier molecular flexibility index (Phi) is 5.54. The second-order valence-corrected chi connectivity index (χ2v) is 5.73. The normalized spacial score (nSPS) is 10.4. The molecule has 3 rings (SSSR count). The molecule has 3 aromatic rings. The highest BCUT2D eigenvalue weighted by Crippen LogP contribution is 2.27. The van der Waals surface area contributed by atoms with Gasteiger partial charge in [-0.1, -0.05) is 48.5 Å². The van der Waals surface area contributed by atoms with E-state index in [2.05, 4.69) is 10.3 Å². The molecule has 4 nitrogen and oxygen atoms in total. The van der Waals surface area contributed by atoms with E-state index >= 15 is 0 Å². The van der Waals surface area contributed by atoms with Crippen molar-refractivity contribution < 1.29 is 4.79 Å². The number of hydrogen-bond acceptors (Lipinski definition) is 3. The van der Waals surface area contributed by atoms with Crippen LogP contribution in [0.5, 0.6) is 0 Å². The van der Waals surface area contributed by atoms with Gasteiger partial charge < -0.3 is 11.1 Å². The first kappa shape index (κ1) is 16.9. The number of carbonyl (C=O) groups excluding carboxylic acids is 1. The molecule has 0 radical (unpaired) electrons. The topological polar surface area (TPSA) is 68.0 Å². The number of rotatable bonds is 6. The number of nitrogens with two attached hydrogens (primary N) is 1. The predicted octanol–water partition coefficient (Wildman–Crippen LogP) is 3.18. The van der Waals surface area contributed by atoms with Crippen LogP contribution in [0, 0.1) is 0 Å². The van der Waals surface area contributed by atoms with Crippen LogP contribution in [0.4, 0.5) is 0 Å². The van der Waals surface area contributed by atoms with E-state index in [1.165, 1.54) is 0 Å². The lowest BCUT2D eigenvalue weighted by molar-refractivity contribution is 0.0954. The van der Waals surface area contributed by atoms with Crippen LogP contribution in [0.2, 0.25) is 0 Å². The second-order valence-electron chi connectivity index (χ2n) is 5.73. The third-order valence-corrected chi connectivity index (χ3v) is 4.09. The third kappa shape index (κ3) is 4.11. The van der Waals surface area contributed by atoms with Gasteiger partial charge in [0.25, 0.3) is 5.91 Å². The summed E-state index contributed by atoms with van der Waals surface area (Å²) in [5.41, 5.74) is 10.4. The Balaban J connectivity index is 1.77. The third-order valence-electron chi connectivity index (χ3n) is 4.09. The summed E-state index contributed by atoms with van der Waals surface area (Å²) in [5.74, 6) is -0.0849. The maximum atomic E-state index is 12.7. The minimum atomic E-state index is -0.0849. The molecule has 25 heavy (non-hydrogen) atoms. The number of nitrogens with zero attached hydrogens (tertiary/aromatic N) is 1. The van der Waals surface area contributed by atoms with Crippen LogP contribution in [-0.4, -0.2) is 17.4 Å². The van der Waals surface area contributed by atoms with Gasteiger partial charge in [0.15, 0.2) is 0 Å². The van der Waals surface area contributed by atoms with Crippen LogP contribution in [0.1, 0.15) is 21.6 Å². The summed E-state index contributed by atoms with van der Waals surface area (Å²) < 4.78 is 0. The zero-order valence-electron chi connectivity index (χ0n) is 14.0. The SMILES string of the molecule is NCc1ccccc1-c1ccccc1C(=O)NCCc1ccccn1. The van der Waals surface area contributed by atoms with Crippen LogP contribution in [-0.2, 0) is 13.0 Å². The van der Waals surface area contributed by atoms with Gasteiger partial charge in [-0.2, -0.15) is 0 Å². The van der Waals surface area contributed by atoms with Crippen LogP contribution in [0.3, 0.4) is 0 Å². The van der Waals surface area contributed by atoms with E-state index in [0.29, 0.717) is 25.1 Å². The van der Waals surface area contributed by atoms with Crippen LogP contribution >= 0.6 is 0 Å². The molecule has 126 valence electrons. The molecular formula is C21H21N3O. The molecule has 0 spiro atoms. The quantitative estimate of drug-likeness (QED) is 0.729. The van der Waals surface area contributed by atoms with E-state index in [1.807, 2.05) is 66.7 Å². The van der Waals surface area contributed by atoms with Crippen molar-refractivity contribution in [1.29, 1.82) is 0 Å². The van der Waals surface area contributed by atoms with Gasteiger partial charge in [0.2, 0.25) is 0 Å². The predicted molar refractivity (Wildman–Crippen MR) is 100 cm³/mol. The minimum Gasteiger partial charge on any atom is -0.352 e. The van der Waals surface area contributed by atoms with Crippen LogP contribution in [0.25, 0.3) is 11.1 Å². The molecule has 1 aromatic heterocycles. The van der Waals surface area contributed by atoms with Crippen molar-refractivity contribution in [2.75, 3.05) is 6.54 Å². The fraction of sp³-hybridized carbons (Fsp3) is 0.143. The highest BCUT2D eigenvalue weighted by molar-refractivity contribution is 6.01. The van der Waals surface area contributed by atoms with Gasteiger partial charge in [-0.25, -0.2) is 0 Å². The molecule has 0 aliphatic carbocycles. The Hall–Kier alpha value is -2.98. The zero-order chi connectivity index (χ0) is 17.5. The minimum absolute atomic E-state index is 0.0849. The number of aromatic nitrogens is 1. The zero-order valence-corrected chi connectivity index (χ0v) is 14.0. The lowest BCUT2D eigenvalue weighted by Crippen LogP contribution is -2.26. The van der Waals surface area contributed by atoms with Gasteiger partial charge in [0.05, 0.1) is 0 Å². The molecule has 1 heterocycles. The summed E-state index contributed by atoms with van der Waals surface area (Å²) in [4.78, 5) is 16.9. The molecular weight excluding hydrogens is 310 g/mol. The van der Waals surface area contributed by atoms with Gasteiger partial charge in [0.1, 0.15) is 0 Å². The van der Waals surface area contributed by atoms with E-state index < -0.39 is 0 Å². The summed E-state index contributed by atoms with van der Waals surface area (Å²) in [6.45, 7) is 0.981. The molecule has 4 heteroatoms. The summed E-state index contributed by atoms with van der Waals surface area (Å²) in [6.07, 6.45) is 2.46. The molecule has 0 aliphatic heterocycles. The summed E-state index contributed by atoms with van der Waals surface area (Å²) in [5, 5.41) is 2.98. The second kappa shape index (κ2) is 8.22. The highest BCUT2D eigenvalue weighted by Gasteiger charge is 2.13. The maximum absolute atomic E-state index is 12.7. The highest BCUT2D eigenvalue weighted by atomic mass is 16.1. The van der Waals surface area contributed by atoms with Crippen molar-refractivity contribution in [1.82, 2.24) is 10.3 Å².